The quantitative estimate of drug-likeness (QED) is 0.825. The molecule has 7 heteroatoms. The molecule has 1 aliphatic heterocycles. The van der Waals surface area contributed by atoms with Crippen molar-refractivity contribution in [2.45, 2.75) is 30.7 Å². The minimum atomic E-state index is -3.75. The number of amides is 1. The summed E-state index contributed by atoms with van der Waals surface area (Å²) in [6.07, 6.45) is 1.94. The van der Waals surface area contributed by atoms with Crippen molar-refractivity contribution in [3.05, 3.63) is 59.7 Å². The molecule has 1 heterocycles. The average molecular weight is 388 g/mol. The fourth-order valence-corrected chi connectivity index (χ4v) is 4.34. The van der Waals surface area contributed by atoms with Crippen molar-refractivity contribution in [2.24, 2.45) is 0 Å². The van der Waals surface area contributed by atoms with Crippen LogP contribution in [0.25, 0.3) is 0 Å². The molecular formula is C20H25N3O3S. The molecule has 2 aromatic rings. The van der Waals surface area contributed by atoms with Gasteiger partial charge in [-0.15, -0.1) is 0 Å². The zero-order chi connectivity index (χ0) is 19.4. The lowest BCUT2D eigenvalue weighted by molar-refractivity contribution is 0.0930. The molecule has 1 unspecified atom stereocenters. The highest BCUT2D eigenvalue weighted by Gasteiger charge is 2.23. The second-order valence-electron chi connectivity index (χ2n) is 6.85. The van der Waals surface area contributed by atoms with Gasteiger partial charge in [0.25, 0.3) is 15.9 Å². The number of nitrogens with zero attached hydrogens (tertiary/aromatic N) is 1. The van der Waals surface area contributed by atoms with Crippen LogP contribution in [0.4, 0.5) is 5.69 Å². The Balaban J connectivity index is 1.80. The van der Waals surface area contributed by atoms with Gasteiger partial charge in [-0.05, 0) is 56.6 Å². The van der Waals surface area contributed by atoms with Crippen LogP contribution in [0.1, 0.15) is 28.8 Å². The Morgan fingerprint density at radius 3 is 2.59 bits per heavy atom. The number of hydrogen-bond acceptors (Lipinski definition) is 4. The standard InChI is InChI=1S/C20H25N3O3S/c1-15-8-10-18(11-9-15)23(2)27(25,26)19-7-3-5-16(13-19)20(24)22-17-6-4-12-21-14-17/h3,5,7-11,13,17,21H,4,6,12,14H2,1-2H3,(H,22,24). The van der Waals surface area contributed by atoms with E-state index in [2.05, 4.69) is 10.6 Å². The second-order valence-corrected chi connectivity index (χ2v) is 8.82. The zero-order valence-electron chi connectivity index (χ0n) is 15.6. The minimum absolute atomic E-state index is 0.0711. The second kappa shape index (κ2) is 8.10. The van der Waals surface area contributed by atoms with Gasteiger partial charge in [0.2, 0.25) is 0 Å². The van der Waals surface area contributed by atoms with E-state index in [0.717, 1.165) is 31.5 Å². The van der Waals surface area contributed by atoms with Crippen LogP contribution >= 0.6 is 0 Å². The number of carbonyl (C=O) groups excluding carboxylic acids is 1. The van der Waals surface area contributed by atoms with Crippen molar-refractivity contribution in [3.63, 3.8) is 0 Å². The minimum Gasteiger partial charge on any atom is -0.348 e. The summed E-state index contributed by atoms with van der Waals surface area (Å²) in [6, 6.07) is 13.5. The van der Waals surface area contributed by atoms with E-state index in [4.69, 9.17) is 0 Å². The first-order valence-corrected chi connectivity index (χ1v) is 10.5. The molecule has 0 bridgehead atoms. The van der Waals surface area contributed by atoms with Crippen LogP contribution in [-0.4, -0.2) is 40.5 Å². The number of sulfonamides is 1. The first-order chi connectivity index (χ1) is 12.9. The molecule has 1 atom stereocenters. The molecule has 0 aromatic heterocycles. The van der Waals surface area contributed by atoms with Crippen molar-refractivity contribution < 1.29 is 13.2 Å². The van der Waals surface area contributed by atoms with Crippen molar-refractivity contribution >= 4 is 21.6 Å². The van der Waals surface area contributed by atoms with Gasteiger partial charge in [-0.25, -0.2) is 8.42 Å². The highest BCUT2D eigenvalue weighted by Crippen LogP contribution is 2.23. The number of carbonyl (C=O) groups is 1. The summed E-state index contributed by atoms with van der Waals surface area (Å²) >= 11 is 0. The molecule has 1 aliphatic rings. The zero-order valence-corrected chi connectivity index (χ0v) is 16.4. The maximum Gasteiger partial charge on any atom is 0.264 e. The molecule has 1 saturated heterocycles. The van der Waals surface area contributed by atoms with Gasteiger partial charge in [0, 0.05) is 25.2 Å². The largest absolute Gasteiger partial charge is 0.348 e. The summed E-state index contributed by atoms with van der Waals surface area (Å²) < 4.78 is 27.2. The highest BCUT2D eigenvalue weighted by atomic mass is 32.2. The molecule has 144 valence electrons. The molecule has 0 spiro atoms. The van der Waals surface area contributed by atoms with Crippen LogP contribution in [0.2, 0.25) is 0 Å². The number of nitrogens with one attached hydrogen (secondary N) is 2. The molecule has 2 aromatic carbocycles. The number of rotatable bonds is 5. The van der Waals surface area contributed by atoms with E-state index in [1.54, 1.807) is 24.3 Å². The Labute approximate surface area is 160 Å². The fourth-order valence-electron chi connectivity index (χ4n) is 3.09. The van der Waals surface area contributed by atoms with Crippen molar-refractivity contribution in [2.75, 3.05) is 24.4 Å². The first kappa shape index (κ1) is 19.4. The third kappa shape index (κ3) is 4.48. The molecule has 0 radical (unpaired) electrons. The van der Waals surface area contributed by atoms with Gasteiger partial charge in [0.1, 0.15) is 0 Å². The fraction of sp³-hybridized carbons (Fsp3) is 0.350. The Hall–Kier alpha value is -2.38. The molecule has 1 amide bonds. The first-order valence-electron chi connectivity index (χ1n) is 9.05. The third-order valence-electron chi connectivity index (χ3n) is 4.78. The van der Waals surface area contributed by atoms with Gasteiger partial charge in [-0.1, -0.05) is 23.8 Å². The summed E-state index contributed by atoms with van der Waals surface area (Å²) in [5, 5.41) is 6.22. The van der Waals surface area contributed by atoms with Crippen LogP contribution < -0.4 is 14.9 Å². The van der Waals surface area contributed by atoms with Crippen LogP contribution in [0.5, 0.6) is 0 Å². The van der Waals surface area contributed by atoms with Gasteiger partial charge in [0.05, 0.1) is 10.6 Å². The molecule has 0 aliphatic carbocycles. The van der Waals surface area contributed by atoms with E-state index < -0.39 is 10.0 Å². The maximum absolute atomic E-state index is 13.0. The number of anilines is 1. The van der Waals surface area contributed by atoms with E-state index in [-0.39, 0.29) is 16.8 Å². The number of benzene rings is 2. The number of piperidine rings is 1. The molecular weight excluding hydrogens is 362 g/mol. The van der Waals surface area contributed by atoms with Crippen LogP contribution in [-0.2, 0) is 10.0 Å². The molecule has 3 rings (SSSR count). The van der Waals surface area contributed by atoms with E-state index in [9.17, 15) is 13.2 Å². The SMILES string of the molecule is Cc1ccc(N(C)S(=O)(=O)c2cccc(C(=O)NC3CCCNC3)c2)cc1. The Bertz CT molecular complexity index is 904. The summed E-state index contributed by atoms with van der Waals surface area (Å²) in [5.74, 6) is -0.251. The lowest BCUT2D eigenvalue weighted by Gasteiger charge is -2.24. The van der Waals surface area contributed by atoms with E-state index >= 15 is 0 Å². The molecule has 27 heavy (non-hydrogen) atoms. The molecule has 1 fully saturated rings. The average Bonchev–Trinajstić information content (AvgIpc) is 2.69. The smallest absolute Gasteiger partial charge is 0.264 e. The molecule has 6 nitrogen and oxygen atoms in total. The van der Waals surface area contributed by atoms with Crippen molar-refractivity contribution in [3.8, 4) is 0 Å². The van der Waals surface area contributed by atoms with Gasteiger partial charge in [-0.2, -0.15) is 0 Å². The normalized spacial score (nSPS) is 17.3. The van der Waals surface area contributed by atoms with E-state index in [1.165, 1.54) is 23.5 Å². The number of aryl methyl sites for hydroxylation is 1. The van der Waals surface area contributed by atoms with Gasteiger partial charge < -0.3 is 10.6 Å². The van der Waals surface area contributed by atoms with Gasteiger partial charge in [-0.3, -0.25) is 9.10 Å². The van der Waals surface area contributed by atoms with Crippen molar-refractivity contribution in [1.82, 2.24) is 10.6 Å². The van der Waals surface area contributed by atoms with E-state index in [1.807, 2.05) is 19.1 Å². The highest BCUT2D eigenvalue weighted by molar-refractivity contribution is 7.92. The van der Waals surface area contributed by atoms with Gasteiger partial charge >= 0.3 is 0 Å². The van der Waals surface area contributed by atoms with E-state index in [0.29, 0.717) is 11.3 Å². The Kier molecular flexibility index (Phi) is 5.82. The molecule has 0 saturated carbocycles. The monoisotopic (exact) mass is 387 g/mol. The Morgan fingerprint density at radius 2 is 1.93 bits per heavy atom. The maximum atomic E-state index is 13.0. The summed E-state index contributed by atoms with van der Waals surface area (Å²) in [6.45, 7) is 3.65. The lowest BCUT2D eigenvalue weighted by Crippen LogP contribution is -2.45. The topological polar surface area (TPSA) is 78.5 Å². The van der Waals surface area contributed by atoms with Crippen LogP contribution in [0.15, 0.2) is 53.4 Å². The third-order valence-corrected chi connectivity index (χ3v) is 6.57. The number of hydrogen-bond donors (Lipinski definition) is 2. The predicted molar refractivity (Wildman–Crippen MR) is 107 cm³/mol. The summed E-state index contributed by atoms with van der Waals surface area (Å²) in [5.41, 5.74) is 1.98. The molecule has 2 N–H and O–H groups in total. The summed E-state index contributed by atoms with van der Waals surface area (Å²) in [7, 11) is -2.24. The van der Waals surface area contributed by atoms with Crippen LogP contribution in [0.3, 0.4) is 0 Å². The summed E-state index contributed by atoms with van der Waals surface area (Å²) in [4.78, 5) is 12.6. The van der Waals surface area contributed by atoms with Gasteiger partial charge in [0.15, 0.2) is 0 Å². The Morgan fingerprint density at radius 1 is 1.19 bits per heavy atom. The van der Waals surface area contributed by atoms with Crippen LogP contribution in [0, 0.1) is 6.92 Å². The lowest BCUT2D eigenvalue weighted by atomic mass is 10.1. The van der Waals surface area contributed by atoms with Crippen molar-refractivity contribution in [1.29, 1.82) is 0 Å². The predicted octanol–water partition coefficient (Wildman–Crippen LogP) is 2.30.